The van der Waals surface area contributed by atoms with Gasteiger partial charge in [-0.25, -0.2) is 8.78 Å². The molecule has 0 aliphatic rings. The number of nitrogens with zero attached hydrogens (tertiary/aromatic N) is 1. The number of benzene rings is 1. The third-order valence-corrected chi connectivity index (χ3v) is 1.85. The van der Waals surface area contributed by atoms with Crippen molar-refractivity contribution in [3.8, 4) is 17.1 Å². The van der Waals surface area contributed by atoms with Gasteiger partial charge in [-0.05, 0) is 12.1 Å². The van der Waals surface area contributed by atoms with E-state index >= 15 is 0 Å². The van der Waals surface area contributed by atoms with E-state index in [4.69, 9.17) is 5.73 Å². The number of nitrogen functional groups attached to an aromatic ring is 1. The standard InChI is InChI=1S/C9H6F2N2O2/c10-4-1-2-5(14)8(9(4)11)6-3-7(12)13-15-6/h1-3,14H,(H2,12,13). The number of hydrogen-bond donors (Lipinski definition) is 2. The molecule has 0 fully saturated rings. The lowest BCUT2D eigenvalue weighted by atomic mass is 10.1. The molecule has 0 saturated heterocycles. The number of anilines is 1. The SMILES string of the molecule is Nc1cc(-c2c(O)ccc(F)c2F)on1. The van der Waals surface area contributed by atoms with Gasteiger partial charge >= 0.3 is 0 Å². The van der Waals surface area contributed by atoms with Crippen LogP contribution in [0.15, 0.2) is 22.7 Å². The molecule has 6 heteroatoms. The molecule has 2 aromatic rings. The Balaban J connectivity index is 2.66. The summed E-state index contributed by atoms with van der Waals surface area (Å²) in [6.07, 6.45) is 0. The monoisotopic (exact) mass is 212 g/mol. The first kappa shape index (κ1) is 9.45. The highest BCUT2D eigenvalue weighted by atomic mass is 19.2. The van der Waals surface area contributed by atoms with E-state index in [-0.39, 0.29) is 17.1 Å². The lowest BCUT2D eigenvalue weighted by molar-refractivity contribution is 0.419. The fourth-order valence-electron chi connectivity index (χ4n) is 1.18. The summed E-state index contributed by atoms with van der Waals surface area (Å²) >= 11 is 0. The van der Waals surface area contributed by atoms with Crippen LogP contribution in [-0.2, 0) is 0 Å². The molecule has 4 nitrogen and oxygen atoms in total. The summed E-state index contributed by atoms with van der Waals surface area (Å²) in [5.74, 6) is -2.83. The number of aromatic nitrogens is 1. The Hall–Kier alpha value is -2.11. The van der Waals surface area contributed by atoms with Gasteiger partial charge in [0.1, 0.15) is 11.3 Å². The quantitative estimate of drug-likeness (QED) is 0.757. The van der Waals surface area contributed by atoms with Crippen molar-refractivity contribution in [1.29, 1.82) is 0 Å². The van der Waals surface area contributed by atoms with Crippen molar-refractivity contribution < 1.29 is 18.4 Å². The van der Waals surface area contributed by atoms with Gasteiger partial charge in [-0.15, -0.1) is 0 Å². The molecule has 2 rings (SSSR count). The van der Waals surface area contributed by atoms with Crippen molar-refractivity contribution in [1.82, 2.24) is 5.16 Å². The molecule has 0 aliphatic carbocycles. The fourth-order valence-corrected chi connectivity index (χ4v) is 1.18. The molecule has 1 heterocycles. The van der Waals surface area contributed by atoms with E-state index in [2.05, 4.69) is 9.68 Å². The highest BCUT2D eigenvalue weighted by Crippen LogP contribution is 2.33. The van der Waals surface area contributed by atoms with Gasteiger partial charge in [-0.1, -0.05) is 5.16 Å². The molecule has 15 heavy (non-hydrogen) atoms. The number of phenols is 1. The van der Waals surface area contributed by atoms with Crippen LogP contribution in [0.1, 0.15) is 0 Å². The zero-order chi connectivity index (χ0) is 11.0. The molecule has 0 radical (unpaired) electrons. The second-order valence-corrected chi connectivity index (χ2v) is 2.87. The topological polar surface area (TPSA) is 72.3 Å². The summed E-state index contributed by atoms with van der Waals surface area (Å²) in [7, 11) is 0. The van der Waals surface area contributed by atoms with Crippen LogP contribution in [-0.4, -0.2) is 10.3 Å². The predicted octanol–water partition coefficient (Wildman–Crippen LogP) is 1.91. The van der Waals surface area contributed by atoms with Crippen LogP contribution < -0.4 is 5.73 Å². The molecule has 0 bridgehead atoms. The second kappa shape index (κ2) is 3.23. The maximum absolute atomic E-state index is 13.3. The van der Waals surface area contributed by atoms with Crippen molar-refractivity contribution in [2.45, 2.75) is 0 Å². The number of halogens is 2. The predicted molar refractivity (Wildman–Crippen MR) is 47.9 cm³/mol. The average molecular weight is 212 g/mol. The van der Waals surface area contributed by atoms with Gasteiger partial charge < -0.3 is 15.4 Å². The minimum Gasteiger partial charge on any atom is -0.507 e. The highest BCUT2D eigenvalue weighted by molar-refractivity contribution is 5.67. The first-order valence-electron chi connectivity index (χ1n) is 3.99. The van der Waals surface area contributed by atoms with Gasteiger partial charge in [0, 0.05) is 6.07 Å². The molecular formula is C9H6F2N2O2. The first-order chi connectivity index (χ1) is 7.09. The van der Waals surface area contributed by atoms with Crippen LogP contribution in [0.2, 0.25) is 0 Å². The van der Waals surface area contributed by atoms with Gasteiger partial charge in [-0.3, -0.25) is 0 Å². The Labute approximate surface area is 82.9 Å². The van der Waals surface area contributed by atoms with Crippen molar-refractivity contribution in [3.63, 3.8) is 0 Å². The van der Waals surface area contributed by atoms with Crippen LogP contribution >= 0.6 is 0 Å². The van der Waals surface area contributed by atoms with Gasteiger partial charge in [0.25, 0.3) is 0 Å². The Morgan fingerprint density at radius 1 is 1.33 bits per heavy atom. The number of phenolic OH excluding ortho intramolecular Hbond substituents is 1. The van der Waals surface area contributed by atoms with E-state index < -0.39 is 17.4 Å². The van der Waals surface area contributed by atoms with Crippen LogP contribution in [0, 0.1) is 11.6 Å². The number of hydrogen-bond acceptors (Lipinski definition) is 4. The Morgan fingerprint density at radius 2 is 2.07 bits per heavy atom. The lowest BCUT2D eigenvalue weighted by Gasteiger charge is -2.02. The van der Waals surface area contributed by atoms with Crippen LogP contribution in [0.4, 0.5) is 14.6 Å². The summed E-state index contributed by atoms with van der Waals surface area (Å²) in [5, 5.41) is 12.7. The zero-order valence-electron chi connectivity index (χ0n) is 7.37. The smallest absolute Gasteiger partial charge is 0.175 e. The third kappa shape index (κ3) is 1.50. The molecule has 1 aromatic heterocycles. The van der Waals surface area contributed by atoms with E-state index in [0.717, 1.165) is 12.1 Å². The molecular weight excluding hydrogens is 206 g/mol. The van der Waals surface area contributed by atoms with Crippen LogP contribution in [0.5, 0.6) is 5.75 Å². The van der Waals surface area contributed by atoms with Crippen molar-refractivity contribution in [3.05, 3.63) is 29.8 Å². The van der Waals surface area contributed by atoms with E-state index in [1.165, 1.54) is 6.07 Å². The van der Waals surface area contributed by atoms with Gasteiger partial charge in [0.2, 0.25) is 0 Å². The average Bonchev–Trinajstić information content (AvgIpc) is 2.59. The molecule has 1 aromatic carbocycles. The lowest BCUT2D eigenvalue weighted by Crippen LogP contribution is -1.89. The van der Waals surface area contributed by atoms with Crippen molar-refractivity contribution >= 4 is 5.82 Å². The van der Waals surface area contributed by atoms with Crippen LogP contribution in [0.3, 0.4) is 0 Å². The summed E-state index contributed by atoms with van der Waals surface area (Å²) in [4.78, 5) is 0. The Kier molecular flexibility index (Phi) is 2.03. The highest BCUT2D eigenvalue weighted by Gasteiger charge is 2.18. The Bertz CT molecular complexity index is 511. The zero-order valence-corrected chi connectivity index (χ0v) is 7.37. The fraction of sp³-hybridized carbons (Fsp3) is 0. The molecule has 0 spiro atoms. The van der Waals surface area contributed by atoms with E-state index in [9.17, 15) is 13.9 Å². The van der Waals surface area contributed by atoms with Gasteiger partial charge in [0.15, 0.2) is 23.2 Å². The molecule has 0 saturated carbocycles. The van der Waals surface area contributed by atoms with E-state index in [1.54, 1.807) is 0 Å². The normalized spacial score (nSPS) is 10.5. The summed E-state index contributed by atoms with van der Waals surface area (Å²) in [6.45, 7) is 0. The first-order valence-corrected chi connectivity index (χ1v) is 3.99. The van der Waals surface area contributed by atoms with Gasteiger partial charge in [0.05, 0.1) is 0 Å². The van der Waals surface area contributed by atoms with Crippen LogP contribution in [0.25, 0.3) is 11.3 Å². The molecule has 0 unspecified atom stereocenters. The molecule has 3 N–H and O–H groups in total. The minimum atomic E-state index is -1.20. The number of nitrogens with two attached hydrogens (primary N) is 1. The minimum absolute atomic E-state index is 0.0214. The largest absolute Gasteiger partial charge is 0.507 e. The van der Waals surface area contributed by atoms with Crippen molar-refractivity contribution in [2.24, 2.45) is 0 Å². The number of rotatable bonds is 1. The summed E-state index contributed by atoms with van der Waals surface area (Å²) in [5.41, 5.74) is 4.86. The third-order valence-electron chi connectivity index (χ3n) is 1.85. The maximum atomic E-state index is 13.3. The van der Waals surface area contributed by atoms with Crippen molar-refractivity contribution in [2.75, 3.05) is 5.73 Å². The second-order valence-electron chi connectivity index (χ2n) is 2.87. The maximum Gasteiger partial charge on any atom is 0.175 e. The van der Waals surface area contributed by atoms with E-state index in [1.807, 2.05) is 0 Å². The molecule has 0 atom stereocenters. The Morgan fingerprint density at radius 3 is 2.67 bits per heavy atom. The molecule has 0 amide bonds. The number of aromatic hydroxyl groups is 1. The molecule has 78 valence electrons. The molecule has 0 aliphatic heterocycles. The van der Waals surface area contributed by atoms with E-state index in [0.29, 0.717) is 0 Å². The summed E-state index contributed by atoms with van der Waals surface area (Å²) < 4.78 is 30.8. The van der Waals surface area contributed by atoms with Gasteiger partial charge in [-0.2, -0.15) is 0 Å². The summed E-state index contributed by atoms with van der Waals surface area (Å²) in [6, 6.07) is 3.03.